The highest BCUT2D eigenvalue weighted by Crippen LogP contribution is 2.44. The van der Waals surface area contributed by atoms with Crippen LogP contribution in [0.5, 0.6) is 0 Å². The van der Waals surface area contributed by atoms with Crippen LogP contribution >= 0.6 is 0 Å². The molecule has 150 valence electrons. The summed E-state index contributed by atoms with van der Waals surface area (Å²) in [4.78, 5) is 21.7. The molecule has 2 aliphatic heterocycles. The number of benzene rings is 1. The minimum atomic E-state index is 0.228. The van der Waals surface area contributed by atoms with Crippen molar-refractivity contribution in [3.8, 4) is 0 Å². The van der Waals surface area contributed by atoms with Crippen LogP contribution in [0.4, 0.5) is 0 Å². The van der Waals surface area contributed by atoms with Gasteiger partial charge in [0, 0.05) is 45.0 Å². The molecule has 2 saturated heterocycles. The quantitative estimate of drug-likeness (QED) is 0.818. The highest BCUT2D eigenvalue weighted by Gasteiger charge is 2.42. The first-order chi connectivity index (χ1) is 13.6. The van der Waals surface area contributed by atoms with E-state index >= 15 is 0 Å². The molecule has 1 aromatic carbocycles. The number of carbonyl (C=O) groups is 1. The van der Waals surface area contributed by atoms with Gasteiger partial charge >= 0.3 is 0 Å². The van der Waals surface area contributed by atoms with E-state index in [0.29, 0.717) is 17.9 Å². The van der Waals surface area contributed by atoms with Crippen LogP contribution in [0.3, 0.4) is 0 Å². The van der Waals surface area contributed by atoms with Crippen LogP contribution in [0.15, 0.2) is 42.7 Å². The first kappa shape index (κ1) is 19.2. The summed E-state index contributed by atoms with van der Waals surface area (Å²) < 4.78 is 1.99. The van der Waals surface area contributed by atoms with Crippen LogP contribution in [-0.4, -0.2) is 58.5 Å². The average molecular weight is 381 g/mol. The Balaban J connectivity index is 1.39. The van der Waals surface area contributed by atoms with Gasteiger partial charge in [-0.2, -0.15) is 0 Å². The predicted octanol–water partition coefficient (Wildman–Crippen LogP) is 3.17. The highest BCUT2D eigenvalue weighted by atomic mass is 16.2. The topological polar surface area (TPSA) is 41.4 Å². The molecular weight excluding hydrogens is 348 g/mol. The number of aryl methyl sites for hydroxylation is 1. The van der Waals surface area contributed by atoms with Gasteiger partial charge in [-0.05, 0) is 43.2 Å². The number of nitrogens with zero attached hydrogens (tertiary/aromatic N) is 4. The van der Waals surface area contributed by atoms with Crippen molar-refractivity contribution in [3.63, 3.8) is 0 Å². The number of carbonyl (C=O) groups excluding carboxylic acids is 1. The lowest BCUT2D eigenvalue weighted by atomic mass is 9.68. The van der Waals surface area contributed by atoms with Crippen molar-refractivity contribution < 1.29 is 4.79 Å². The number of piperidine rings is 2. The summed E-state index contributed by atoms with van der Waals surface area (Å²) in [5, 5.41) is 0. The van der Waals surface area contributed by atoms with Crippen molar-refractivity contribution in [2.75, 3.05) is 33.2 Å². The van der Waals surface area contributed by atoms with Crippen molar-refractivity contribution in [2.45, 2.75) is 45.1 Å². The van der Waals surface area contributed by atoms with Crippen LogP contribution in [0.1, 0.15) is 43.5 Å². The molecule has 0 saturated carbocycles. The van der Waals surface area contributed by atoms with Gasteiger partial charge in [0.25, 0.3) is 0 Å². The van der Waals surface area contributed by atoms with Crippen LogP contribution in [0.2, 0.25) is 0 Å². The third-order valence-corrected chi connectivity index (χ3v) is 6.69. The van der Waals surface area contributed by atoms with Gasteiger partial charge < -0.3 is 14.4 Å². The van der Waals surface area contributed by atoms with E-state index in [0.717, 1.165) is 51.3 Å². The minimum Gasteiger partial charge on any atom is -0.341 e. The zero-order chi connectivity index (χ0) is 19.6. The van der Waals surface area contributed by atoms with Gasteiger partial charge in [0.15, 0.2) is 0 Å². The van der Waals surface area contributed by atoms with E-state index < -0.39 is 0 Å². The van der Waals surface area contributed by atoms with E-state index in [-0.39, 0.29) is 5.91 Å². The maximum Gasteiger partial charge on any atom is 0.242 e. The molecule has 3 heterocycles. The number of rotatable bonds is 4. The Kier molecular flexibility index (Phi) is 5.54. The number of hydrogen-bond acceptors (Lipinski definition) is 3. The van der Waals surface area contributed by atoms with E-state index in [9.17, 15) is 4.79 Å². The molecule has 1 spiro atoms. The molecule has 2 aliphatic rings. The molecule has 1 atom stereocenters. The van der Waals surface area contributed by atoms with Gasteiger partial charge in [0.05, 0.1) is 0 Å². The number of likely N-dealkylation sites (N-methyl/N-ethyl adjacent to an activating group) is 1. The molecule has 0 radical (unpaired) electrons. The Morgan fingerprint density at radius 1 is 1.21 bits per heavy atom. The second-order valence-electron chi connectivity index (χ2n) is 8.71. The van der Waals surface area contributed by atoms with Crippen LogP contribution in [0.25, 0.3) is 0 Å². The summed E-state index contributed by atoms with van der Waals surface area (Å²) in [7, 11) is 2.25. The molecule has 0 aliphatic carbocycles. The lowest BCUT2D eigenvalue weighted by Gasteiger charge is -2.49. The second-order valence-corrected chi connectivity index (χ2v) is 8.71. The maximum absolute atomic E-state index is 12.8. The van der Waals surface area contributed by atoms with E-state index in [2.05, 4.69) is 59.1 Å². The number of imidazole rings is 1. The highest BCUT2D eigenvalue weighted by molar-refractivity contribution is 5.76. The summed E-state index contributed by atoms with van der Waals surface area (Å²) in [6.07, 6.45) is 8.02. The van der Waals surface area contributed by atoms with Gasteiger partial charge in [-0.1, -0.05) is 37.3 Å². The van der Waals surface area contributed by atoms with Gasteiger partial charge in [-0.25, -0.2) is 4.98 Å². The average Bonchev–Trinajstić information content (AvgIpc) is 3.15. The largest absolute Gasteiger partial charge is 0.341 e. The molecule has 4 rings (SSSR count). The number of amides is 1. The van der Waals surface area contributed by atoms with Gasteiger partial charge in [-0.3, -0.25) is 4.79 Å². The van der Waals surface area contributed by atoms with Crippen LogP contribution < -0.4 is 0 Å². The fourth-order valence-corrected chi connectivity index (χ4v) is 5.25. The molecule has 0 unspecified atom stereocenters. The van der Waals surface area contributed by atoms with Crippen molar-refractivity contribution in [1.29, 1.82) is 0 Å². The summed E-state index contributed by atoms with van der Waals surface area (Å²) in [5.41, 5.74) is 1.80. The zero-order valence-corrected chi connectivity index (χ0v) is 17.2. The zero-order valence-electron chi connectivity index (χ0n) is 17.2. The van der Waals surface area contributed by atoms with Gasteiger partial charge in [0.2, 0.25) is 5.91 Å². The first-order valence-electron chi connectivity index (χ1n) is 10.6. The smallest absolute Gasteiger partial charge is 0.242 e. The molecule has 28 heavy (non-hydrogen) atoms. The number of likely N-dealkylation sites (tertiary alicyclic amines) is 2. The first-order valence-corrected chi connectivity index (χ1v) is 10.6. The standard InChI is InChI=1S/C23H32N4O/c1-3-21-24-11-14-27(21)17-22(28)26-12-9-23(10-13-26)15-20(16-25(2)18-23)19-7-5-4-6-8-19/h4-8,11,14,20H,3,9-10,12-13,15-18H2,1-2H3/t20-/m0/s1. The van der Waals surface area contributed by atoms with Crippen LogP contribution in [0, 0.1) is 5.41 Å². The lowest BCUT2D eigenvalue weighted by molar-refractivity contribution is -0.135. The molecular formula is C23H32N4O. The molecule has 1 amide bonds. The molecule has 0 bridgehead atoms. The fraction of sp³-hybridized carbons (Fsp3) is 0.565. The predicted molar refractivity (Wildman–Crippen MR) is 111 cm³/mol. The molecule has 2 aromatic rings. The van der Waals surface area contributed by atoms with Gasteiger partial charge in [0.1, 0.15) is 12.4 Å². The maximum atomic E-state index is 12.8. The van der Waals surface area contributed by atoms with Crippen LogP contribution in [-0.2, 0) is 17.8 Å². The number of aromatic nitrogens is 2. The second kappa shape index (κ2) is 8.08. The van der Waals surface area contributed by atoms with E-state index in [4.69, 9.17) is 0 Å². The molecule has 2 fully saturated rings. The Hall–Kier alpha value is -2.14. The molecule has 5 nitrogen and oxygen atoms in total. The normalized spacial score (nSPS) is 22.5. The fourth-order valence-electron chi connectivity index (χ4n) is 5.25. The van der Waals surface area contributed by atoms with E-state index in [1.807, 2.05) is 10.8 Å². The SMILES string of the molecule is CCc1nccn1CC(=O)N1CCC2(CC1)C[C@H](c1ccccc1)CN(C)C2. The molecule has 1 aromatic heterocycles. The Bertz CT molecular complexity index is 792. The van der Waals surface area contributed by atoms with Crippen molar-refractivity contribution in [1.82, 2.24) is 19.4 Å². The van der Waals surface area contributed by atoms with Crippen molar-refractivity contribution in [2.24, 2.45) is 5.41 Å². The summed E-state index contributed by atoms with van der Waals surface area (Å²) in [5.74, 6) is 1.81. The van der Waals surface area contributed by atoms with E-state index in [1.165, 1.54) is 12.0 Å². The summed E-state index contributed by atoms with van der Waals surface area (Å²) in [6, 6.07) is 10.9. The summed E-state index contributed by atoms with van der Waals surface area (Å²) >= 11 is 0. The van der Waals surface area contributed by atoms with Crippen molar-refractivity contribution >= 4 is 5.91 Å². The Morgan fingerprint density at radius 3 is 2.68 bits per heavy atom. The van der Waals surface area contributed by atoms with Gasteiger partial charge in [-0.15, -0.1) is 0 Å². The lowest BCUT2D eigenvalue weighted by Crippen LogP contribution is -2.52. The third-order valence-electron chi connectivity index (χ3n) is 6.69. The molecule has 0 N–H and O–H groups in total. The Labute approximate surface area is 168 Å². The van der Waals surface area contributed by atoms with Crippen molar-refractivity contribution in [3.05, 3.63) is 54.1 Å². The third kappa shape index (κ3) is 4.00. The minimum absolute atomic E-state index is 0.228. The number of hydrogen-bond donors (Lipinski definition) is 0. The summed E-state index contributed by atoms with van der Waals surface area (Å²) in [6.45, 7) is 6.54. The van der Waals surface area contributed by atoms with E-state index in [1.54, 1.807) is 6.20 Å². The Morgan fingerprint density at radius 2 is 1.96 bits per heavy atom. The monoisotopic (exact) mass is 380 g/mol. The molecule has 5 heteroatoms.